The second-order valence-corrected chi connectivity index (χ2v) is 2.58. The molecule has 2 heteroatoms. The lowest BCUT2D eigenvalue weighted by Crippen LogP contribution is -2.46. The van der Waals surface area contributed by atoms with Crippen LogP contribution in [0.25, 0.3) is 0 Å². The summed E-state index contributed by atoms with van der Waals surface area (Å²) in [6, 6.07) is 0.134. The number of alkyl halides is 1. The quantitative estimate of drug-likeness (QED) is 0.483. The van der Waals surface area contributed by atoms with E-state index >= 15 is 0 Å². The highest BCUT2D eigenvalue weighted by Gasteiger charge is 2.37. The van der Waals surface area contributed by atoms with Crippen molar-refractivity contribution in [2.75, 3.05) is 0 Å². The fourth-order valence-electron chi connectivity index (χ4n) is 1.03. The van der Waals surface area contributed by atoms with Gasteiger partial charge in [0.1, 0.15) is 5.67 Å². The summed E-state index contributed by atoms with van der Waals surface area (Å²) in [7, 11) is 0. The van der Waals surface area contributed by atoms with E-state index in [1.54, 1.807) is 6.92 Å². The second-order valence-electron chi connectivity index (χ2n) is 2.58. The van der Waals surface area contributed by atoms with E-state index in [2.05, 4.69) is 0 Å². The van der Waals surface area contributed by atoms with Crippen LogP contribution in [-0.2, 0) is 0 Å². The molecule has 0 bridgehead atoms. The molecule has 0 unspecified atom stereocenters. The maximum atomic E-state index is 12.4. The van der Waals surface area contributed by atoms with Crippen molar-refractivity contribution >= 4 is 0 Å². The van der Waals surface area contributed by atoms with Gasteiger partial charge in [-0.05, 0) is 19.8 Å². The number of halogens is 1. The van der Waals surface area contributed by atoms with Crippen LogP contribution >= 0.6 is 0 Å². The molecule has 1 fully saturated rings. The van der Waals surface area contributed by atoms with E-state index in [0.29, 0.717) is 12.8 Å². The molecule has 42 valence electrons. The van der Waals surface area contributed by atoms with Gasteiger partial charge < -0.3 is 5.73 Å². The van der Waals surface area contributed by atoms with E-state index in [-0.39, 0.29) is 6.04 Å². The summed E-state index contributed by atoms with van der Waals surface area (Å²) in [4.78, 5) is 0. The number of hydrogen-bond acceptors (Lipinski definition) is 1. The first-order chi connectivity index (χ1) is 3.10. The summed E-state index contributed by atoms with van der Waals surface area (Å²) in [6.07, 6.45) is 1.10. The van der Waals surface area contributed by atoms with Crippen molar-refractivity contribution < 1.29 is 4.39 Å². The molecule has 2 N–H and O–H groups in total. The third kappa shape index (κ3) is 0.911. The Morgan fingerprint density at radius 1 is 1.71 bits per heavy atom. The lowest BCUT2D eigenvalue weighted by Gasteiger charge is -2.35. The van der Waals surface area contributed by atoms with E-state index in [1.165, 1.54) is 0 Å². The summed E-state index contributed by atoms with van der Waals surface area (Å²) in [5.41, 5.74) is 4.38. The standard InChI is InChI=1S/C5H10FN/c1-5(6)2-4(7)3-5/h4H,2-3,7H2,1H3. The van der Waals surface area contributed by atoms with Gasteiger partial charge in [-0.2, -0.15) is 0 Å². The molecule has 1 aliphatic rings. The van der Waals surface area contributed by atoms with Crippen LogP contribution in [0.5, 0.6) is 0 Å². The van der Waals surface area contributed by atoms with Gasteiger partial charge in [0.05, 0.1) is 0 Å². The Morgan fingerprint density at radius 3 is 2.14 bits per heavy atom. The molecule has 0 aliphatic heterocycles. The molecule has 0 spiro atoms. The molecule has 0 aromatic carbocycles. The predicted molar refractivity (Wildman–Crippen MR) is 26.7 cm³/mol. The first-order valence-corrected chi connectivity index (χ1v) is 2.55. The van der Waals surface area contributed by atoms with Crippen LogP contribution in [0.4, 0.5) is 4.39 Å². The Labute approximate surface area is 42.7 Å². The average Bonchev–Trinajstić information content (AvgIpc) is 1.27. The maximum Gasteiger partial charge on any atom is 0.111 e. The summed E-state index contributed by atoms with van der Waals surface area (Å²) >= 11 is 0. The number of rotatable bonds is 0. The molecule has 1 rings (SSSR count). The molecule has 0 aromatic heterocycles. The second kappa shape index (κ2) is 1.19. The Kier molecular flexibility index (Phi) is 0.854. The molecule has 7 heavy (non-hydrogen) atoms. The normalized spacial score (nSPS) is 51.0. The monoisotopic (exact) mass is 103 g/mol. The smallest absolute Gasteiger partial charge is 0.111 e. The minimum atomic E-state index is -0.931. The van der Waals surface area contributed by atoms with Gasteiger partial charge in [0.15, 0.2) is 0 Å². The van der Waals surface area contributed by atoms with Gasteiger partial charge in [-0.25, -0.2) is 4.39 Å². The van der Waals surface area contributed by atoms with Crippen molar-refractivity contribution in [2.24, 2.45) is 5.73 Å². The maximum absolute atomic E-state index is 12.4. The summed E-state index contributed by atoms with van der Waals surface area (Å²) in [5.74, 6) is 0. The first kappa shape index (κ1) is 5.04. The van der Waals surface area contributed by atoms with Gasteiger partial charge >= 0.3 is 0 Å². The first-order valence-electron chi connectivity index (χ1n) is 2.55. The van der Waals surface area contributed by atoms with Crippen LogP contribution in [0.15, 0.2) is 0 Å². The lowest BCUT2D eigenvalue weighted by atomic mass is 9.80. The molecule has 1 nitrogen and oxygen atoms in total. The Bertz CT molecular complexity index is 72.1. The molecule has 0 saturated heterocycles. The highest BCUT2D eigenvalue weighted by Crippen LogP contribution is 2.33. The molecule has 0 amide bonds. The minimum Gasteiger partial charge on any atom is -0.327 e. The van der Waals surface area contributed by atoms with Crippen molar-refractivity contribution in [1.29, 1.82) is 0 Å². The topological polar surface area (TPSA) is 26.0 Å². The van der Waals surface area contributed by atoms with E-state index in [4.69, 9.17) is 5.73 Å². The molecule has 0 heterocycles. The van der Waals surface area contributed by atoms with Crippen LogP contribution in [0.2, 0.25) is 0 Å². The molecule has 1 aliphatic carbocycles. The average molecular weight is 103 g/mol. The zero-order chi connectivity index (χ0) is 5.49. The van der Waals surface area contributed by atoms with Crippen molar-refractivity contribution in [1.82, 2.24) is 0 Å². The van der Waals surface area contributed by atoms with Gasteiger partial charge in [-0.3, -0.25) is 0 Å². The zero-order valence-corrected chi connectivity index (χ0v) is 4.45. The summed E-state index contributed by atoms with van der Waals surface area (Å²) < 4.78 is 12.4. The Balaban J connectivity index is 2.29. The Hall–Kier alpha value is -0.110. The van der Waals surface area contributed by atoms with Gasteiger partial charge in [-0.15, -0.1) is 0 Å². The van der Waals surface area contributed by atoms with Crippen LogP contribution in [0.1, 0.15) is 19.8 Å². The highest BCUT2D eigenvalue weighted by atomic mass is 19.1. The lowest BCUT2D eigenvalue weighted by molar-refractivity contribution is 0.0645. The molecule has 0 aromatic rings. The zero-order valence-electron chi connectivity index (χ0n) is 4.45. The van der Waals surface area contributed by atoms with Crippen LogP contribution < -0.4 is 5.73 Å². The third-order valence-corrected chi connectivity index (χ3v) is 1.38. The third-order valence-electron chi connectivity index (χ3n) is 1.38. The van der Waals surface area contributed by atoms with Crippen LogP contribution in [-0.4, -0.2) is 11.7 Å². The van der Waals surface area contributed by atoms with E-state index in [9.17, 15) is 4.39 Å². The SMILES string of the molecule is CC1(F)CC(N)C1. The minimum absolute atomic E-state index is 0.134. The molecular formula is C5H10FN. The van der Waals surface area contributed by atoms with Crippen molar-refractivity contribution in [3.63, 3.8) is 0 Å². The molecule has 0 radical (unpaired) electrons. The summed E-state index contributed by atoms with van der Waals surface area (Å²) in [6.45, 7) is 1.59. The van der Waals surface area contributed by atoms with Gasteiger partial charge in [0.25, 0.3) is 0 Å². The number of nitrogens with two attached hydrogens (primary N) is 1. The van der Waals surface area contributed by atoms with E-state index in [1.807, 2.05) is 0 Å². The van der Waals surface area contributed by atoms with Crippen molar-refractivity contribution in [2.45, 2.75) is 31.5 Å². The number of hydrogen-bond donors (Lipinski definition) is 1. The van der Waals surface area contributed by atoms with Gasteiger partial charge in [-0.1, -0.05) is 0 Å². The molecular weight excluding hydrogens is 93.1 g/mol. The van der Waals surface area contributed by atoms with Crippen LogP contribution in [0, 0.1) is 0 Å². The van der Waals surface area contributed by atoms with Gasteiger partial charge in [0, 0.05) is 6.04 Å². The predicted octanol–water partition coefficient (Wildman–Crippen LogP) is 0.836. The fourth-order valence-corrected chi connectivity index (χ4v) is 1.03. The highest BCUT2D eigenvalue weighted by molar-refractivity contribution is 4.93. The van der Waals surface area contributed by atoms with Crippen molar-refractivity contribution in [3.05, 3.63) is 0 Å². The van der Waals surface area contributed by atoms with E-state index < -0.39 is 5.67 Å². The largest absolute Gasteiger partial charge is 0.327 e. The van der Waals surface area contributed by atoms with Crippen LogP contribution in [0.3, 0.4) is 0 Å². The van der Waals surface area contributed by atoms with Crippen molar-refractivity contribution in [3.8, 4) is 0 Å². The van der Waals surface area contributed by atoms with E-state index in [0.717, 1.165) is 0 Å². The molecule has 1 saturated carbocycles. The summed E-state index contributed by atoms with van der Waals surface area (Å²) in [5, 5.41) is 0. The molecule has 0 atom stereocenters. The van der Waals surface area contributed by atoms with Gasteiger partial charge in [0.2, 0.25) is 0 Å². The Morgan fingerprint density at radius 2 is 2.14 bits per heavy atom. The fraction of sp³-hybridized carbons (Fsp3) is 1.00.